The topological polar surface area (TPSA) is 64.4 Å². The molecule has 1 heterocycles. The zero-order chi connectivity index (χ0) is 13.1. The van der Waals surface area contributed by atoms with Crippen LogP contribution in [-0.2, 0) is 4.74 Å². The maximum atomic E-state index is 13.3. The van der Waals surface area contributed by atoms with Crippen molar-refractivity contribution in [3.8, 4) is 0 Å². The van der Waals surface area contributed by atoms with E-state index in [1.165, 1.54) is 0 Å². The maximum absolute atomic E-state index is 13.3. The first-order valence-electron chi connectivity index (χ1n) is 5.57. The van der Waals surface area contributed by atoms with Gasteiger partial charge in [-0.2, -0.15) is 0 Å². The number of hydrogen-bond donors (Lipinski definition) is 1. The van der Waals surface area contributed by atoms with Gasteiger partial charge in [0, 0.05) is 25.3 Å². The van der Waals surface area contributed by atoms with Crippen LogP contribution in [0.5, 0.6) is 0 Å². The molecule has 0 radical (unpaired) electrons. The minimum atomic E-state index is -0.683. The highest BCUT2D eigenvalue weighted by Crippen LogP contribution is 2.30. The summed E-state index contributed by atoms with van der Waals surface area (Å²) in [5.41, 5.74) is -0.114. The molecule has 18 heavy (non-hydrogen) atoms. The van der Waals surface area contributed by atoms with E-state index in [0.717, 1.165) is 25.0 Å². The average molecular weight is 275 g/mol. The molecule has 0 saturated carbocycles. The van der Waals surface area contributed by atoms with Crippen LogP contribution in [0.1, 0.15) is 12.8 Å². The molecule has 2 rings (SSSR count). The number of hydrogen-bond acceptors (Lipinski definition) is 4. The summed E-state index contributed by atoms with van der Waals surface area (Å²) in [6, 6.07) is 2.05. The number of benzene rings is 1. The van der Waals surface area contributed by atoms with Gasteiger partial charge in [-0.25, -0.2) is 4.39 Å². The van der Waals surface area contributed by atoms with Crippen molar-refractivity contribution in [1.29, 1.82) is 0 Å². The van der Waals surface area contributed by atoms with Crippen molar-refractivity contribution >= 4 is 23.0 Å². The van der Waals surface area contributed by atoms with Gasteiger partial charge in [-0.15, -0.1) is 0 Å². The van der Waals surface area contributed by atoms with Crippen LogP contribution in [-0.4, -0.2) is 24.2 Å². The number of nitro groups is 1. The Balaban J connectivity index is 2.14. The molecule has 0 aromatic heterocycles. The second-order valence-corrected chi connectivity index (χ2v) is 4.46. The number of anilines is 1. The summed E-state index contributed by atoms with van der Waals surface area (Å²) in [7, 11) is 0. The summed E-state index contributed by atoms with van der Waals surface area (Å²) in [6.07, 6.45) is 1.89. The van der Waals surface area contributed by atoms with E-state index < -0.39 is 10.7 Å². The van der Waals surface area contributed by atoms with Crippen LogP contribution in [0.15, 0.2) is 12.1 Å². The molecular formula is C11H12ClFN2O3. The fourth-order valence-electron chi connectivity index (χ4n) is 1.86. The lowest BCUT2D eigenvalue weighted by molar-refractivity contribution is -0.384. The third-order valence-corrected chi connectivity index (χ3v) is 3.07. The van der Waals surface area contributed by atoms with E-state index in [1.807, 2.05) is 0 Å². The monoisotopic (exact) mass is 274 g/mol. The first-order valence-corrected chi connectivity index (χ1v) is 5.94. The molecule has 5 nitrogen and oxygen atoms in total. The van der Waals surface area contributed by atoms with E-state index in [2.05, 4.69) is 5.32 Å². The fourth-order valence-corrected chi connectivity index (χ4v) is 2.02. The van der Waals surface area contributed by atoms with Crippen molar-refractivity contribution in [3.05, 3.63) is 33.1 Å². The number of nitrogens with zero attached hydrogens (tertiary/aromatic N) is 1. The zero-order valence-electron chi connectivity index (χ0n) is 9.49. The second-order valence-electron chi connectivity index (χ2n) is 4.06. The molecule has 98 valence electrons. The van der Waals surface area contributed by atoms with Crippen LogP contribution >= 0.6 is 11.6 Å². The van der Waals surface area contributed by atoms with Crippen LogP contribution in [0, 0.1) is 15.9 Å². The Morgan fingerprint density at radius 2 is 2.39 bits per heavy atom. The standard InChI is InChI=1S/C11H12ClFN2O3/c12-8-4-11(15(16)17)10(5-9(8)13)14-6-7-2-1-3-18-7/h4-5,7,14H,1-3,6H2. The molecule has 1 aliphatic rings. The molecule has 1 unspecified atom stereocenters. The molecule has 1 N–H and O–H groups in total. The summed E-state index contributed by atoms with van der Waals surface area (Å²) in [5, 5.41) is 13.4. The molecule has 1 saturated heterocycles. The number of nitro benzene ring substituents is 1. The Hall–Kier alpha value is -1.40. The second kappa shape index (κ2) is 5.49. The normalized spacial score (nSPS) is 18.9. The predicted molar refractivity (Wildman–Crippen MR) is 65.5 cm³/mol. The van der Waals surface area contributed by atoms with Crippen LogP contribution in [0.2, 0.25) is 5.02 Å². The molecule has 0 amide bonds. The molecule has 0 aliphatic carbocycles. The summed E-state index contributed by atoms with van der Waals surface area (Å²) in [5.74, 6) is -0.683. The van der Waals surface area contributed by atoms with E-state index >= 15 is 0 Å². The molecule has 1 aromatic carbocycles. The van der Waals surface area contributed by atoms with Gasteiger partial charge in [0.15, 0.2) is 0 Å². The lowest BCUT2D eigenvalue weighted by Gasteiger charge is -2.12. The van der Waals surface area contributed by atoms with Crippen molar-refractivity contribution in [2.45, 2.75) is 18.9 Å². The van der Waals surface area contributed by atoms with Crippen molar-refractivity contribution in [3.63, 3.8) is 0 Å². The zero-order valence-corrected chi connectivity index (χ0v) is 10.2. The summed E-state index contributed by atoms with van der Waals surface area (Å²) in [6.45, 7) is 1.12. The largest absolute Gasteiger partial charge is 0.377 e. The Kier molecular flexibility index (Phi) is 3.98. The van der Waals surface area contributed by atoms with E-state index in [-0.39, 0.29) is 22.5 Å². The molecule has 1 fully saturated rings. The fraction of sp³-hybridized carbons (Fsp3) is 0.455. The quantitative estimate of drug-likeness (QED) is 0.677. The third kappa shape index (κ3) is 2.88. The maximum Gasteiger partial charge on any atom is 0.294 e. The Labute approximate surface area is 108 Å². The first-order chi connectivity index (χ1) is 8.58. The van der Waals surface area contributed by atoms with E-state index in [1.54, 1.807) is 0 Å². The predicted octanol–water partition coefficient (Wildman–Crippen LogP) is 2.98. The average Bonchev–Trinajstić information content (AvgIpc) is 2.83. The molecule has 0 bridgehead atoms. The SMILES string of the molecule is O=[N+]([O-])c1cc(Cl)c(F)cc1NCC1CCCO1. The highest BCUT2D eigenvalue weighted by atomic mass is 35.5. The summed E-state index contributed by atoms with van der Waals surface area (Å²) in [4.78, 5) is 10.2. The molecule has 0 spiro atoms. The van der Waals surface area contributed by atoms with Gasteiger partial charge in [0.1, 0.15) is 11.5 Å². The Bertz CT molecular complexity index is 464. The van der Waals surface area contributed by atoms with Crippen LogP contribution in [0.25, 0.3) is 0 Å². The van der Waals surface area contributed by atoms with Gasteiger partial charge in [0.25, 0.3) is 5.69 Å². The molecule has 7 heteroatoms. The number of ether oxygens (including phenoxy) is 1. The molecule has 1 atom stereocenters. The van der Waals surface area contributed by atoms with Crippen LogP contribution in [0.4, 0.5) is 15.8 Å². The highest BCUT2D eigenvalue weighted by Gasteiger charge is 2.20. The van der Waals surface area contributed by atoms with Gasteiger partial charge < -0.3 is 10.1 Å². The highest BCUT2D eigenvalue weighted by molar-refractivity contribution is 6.31. The summed E-state index contributed by atoms with van der Waals surface area (Å²) < 4.78 is 18.7. The van der Waals surface area contributed by atoms with Gasteiger partial charge in [0.05, 0.1) is 16.0 Å². The first kappa shape index (κ1) is 13.0. The van der Waals surface area contributed by atoms with Gasteiger partial charge >= 0.3 is 0 Å². The van der Waals surface area contributed by atoms with E-state index in [0.29, 0.717) is 13.2 Å². The number of rotatable bonds is 4. The lowest BCUT2D eigenvalue weighted by atomic mass is 10.2. The minimum absolute atomic E-state index is 0.0170. The lowest BCUT2D eigenvalue weighted by Crippen LogP contribution is -2.19. The minimum Gasteiger partial charge on any atom is -0.377 e. The van der Waals surface area contributed by atoms with E-state index in [9.17, 15) is 14.5 Å². The van der Waals surface area contributed by atoms with Gasteiger partial charge in [-0.3, -0.25) is 10.1 Å². The van der Waals surface area contributed by atoms with Crippen molar-refractivity contribution in [1.82, 2.24) is 0 Å². The smallest absolute Gasteiger partial charge is 0.294 e. The van der Waals surface area contributed by atoms with E-state index in [4.69, 9.17) is 16.3 Å². The molecular weight excluding hydrogens is 263 g/mol. The Morgan fingerprint density at radius 3 is 3.00 bits per heavy atom. The van der Waals surface area contributed by atoms with Crippen molar-refractivity contribution < 1.29 is 14.1 Å². The Morgan fingerprint density at radius 1 is 1.61 bits per heavy atom. The molecule has 1 aromatic rings. The van der Waals surface area contributed by atoms with Crippen LogP contribution < -0.4 is 5.32 Å². The number of nitrogens with one attached hydrogen (secondary N) is 1. The number of halogens is 2. The molecule has 1 aliphatic heterocycles. The van der Waals surface area contributed by atoms with Crippen molar-refractivity contribution in [2.24, 2.45) is 0 Å². The van der Waals surface area contributed by atoms with Crippen LogP contribution in [0.3, 0.4) is 0 Å². The van der Waals surface area contributed by atoms with Crippen molar-refractivity contribution in [2.75, 3.05) is 18.5 Å². The summed E-state index contributed by atoms with van der Waals surface area (Å²) >= 11 is 5.53. The van der Waals surface area contributed by atoms with Gasteiger partial charge in [-0.1, -0.05) is 11.6 Å². The third-order valence-electron chi connectivity index (χ3n) is 2.78. The van der Waals surface area contributed by atoms with Gasteiger partial charge in [0.2, 0.25) is 0 Å². The van der Waals surface area contributed by atoms with Gasteiger partial charge in [-0.05, 0) is 12.8 Å².